The molecule has 162 valence electrons. The molecule has 0 radical (unpaired) electrons. The summed E-state index contributed by atoms with van der Waals surface area (Å²) in [7, 11) is 2.15. The summed E-state index contributed by atoms with van der Waals surface area (Å²) in [6, 6.07) is 19.6. The Kier molecular flexibility index (Phi) is 4.89. The van der Waals surface area contributed by atoms with Crippen LogP contribution >= 0.6 is 0 Å². The summed E-state index contributed by atoms with van der Waals surface area (Å²) < 4.78 is 10.7. The van der Waals surface area contributed by atoms with Crippen molar-refractivity contribution in [3.63, 3.8) is 0 Å². The number of imidazole rings is 1. The summed E-state index contributed by atoms with van der Waals surface area (Å²) in [6.45, 7) is 11.2. The molecule has 0 aliphatic rings. The molecule has 3 aromatic carbocycles. The summed E-state index contributed by atoms with van der Waals surface area (Å²) in [5.41, 5.74) is 10.3. The number of oxazole rings is 1. The molecule has 0 N–H and O–H groups in total. The number of aryl methyl sites for hydroxylation is 2. The molecule has 0 bridgehead atoms. The van der Waals surface area contributed by atoms with Gasteiger partial charge in [0.05, 0.1) is 7.05 Å². The molecular weight excluding hydrogens is 394 g/mol. The van der Waals surface area contributed by atoms with Gasteiger partial charge in [-0.25, -0.2) is 9.55 Å². The lowest BCUT2D eigenvalue weighted by molar-refractivity contribution is -0.633. The zero-order chi connectivity index (χ0) is 22.6. The Morgan fingerprint density at radius 3 is 2.25 bits per heavy atom. The van der Waals surface area contributed by atoms with E-state index >= 15 is 0 Å². The Balaban J connectivity index is 2.02. The molecule has 4 heteroatoms. The first-order valence-electron chi connectivity index (χ1n) is 11.4. The van der Waals surface area contributed by atoms with Gasteiger partial charge in [0.15, 0.2) is 23.0 Å². The molecule has 0 spiro atoms. The normalized spacial score (nSPS) is 12.0. The number of fused-ring (bicyclic) bond motifs is 2. The maximum Gasteiger partial charge on any atom is 0.299 e. The Morgan fingerprint density at radius 2 is 1.56 bits per heavy atom. The van der Waals surface area contributed by atoms with Crippen LogP contribution in [0.2, 0.25) is 0 Å². The Labute approximate surface area is 189 Å². The van der Waals surface area contributed by atoms with Crippen molar-refractivity contribution in [2.75, 3.05) is 0 Å². The maximum absolute atomic E-state index is 5.94. The second kappa shape index (κ2) is 7.63. The molecule has 5 rings (SSSR count). The number of aromatic nitrogens is 3. The minimum Gasteiger partial charge on any atom is -0.443 e. The summed E-state index contributed by atoms with van der Waals surface area (Å²) >= 11 is 0. The zero-order valence-electron chi connectivity index (χ0n) is 19.7. The molecule has 0 saturated carbocycles. The van der Waals surface area contributed by atoms with Crippen LogP contribution in [-0.2, 0) is 7.05 Å². The highest BCUT2D eigenvalue weighted by molar-refractivity contribution is 5.92. The molecule has 4 nitrogen and oxygen atoms in total. The first kappa shape index (κ1) is 20.5. The van der Waals surface area contributed by atoms with Crippen molar-refractivity contribution in [1.29, 1.82) is 0 Å². The van der Waals surface area contributed by atoms with Gasteiger partial charge < -0.3 is 4.42 Å². The number of hydrogen-bond donors (Lipinski definition) is 0. The number of para-hydroxylation sites is 3. The average molecular weight is 425 g/mol. The van der Waals surface area contributed by atoms with E-state index in [2.05, 4.69) is 104 Å². The maximum atomic E-state index is 5.94. The molecule has 2 aromatic heterocycles. The van der Waals surface area contributed by atoms with Crippen LogP contribution in [0.25, 0.3) is 39.2 Å². The Hall–Kier alpha value is -3.40. The summed E-state index contributed by atoms with van der Waals surface area (Å²) in [5, 5.41) is 0. The lowest BCUT2D eigenvalue weighted by Crippen LogP contribution is -2.30. The van der Waals surface area contributed by atoms with E-state index in [4.69, 9.17) is 4.42 Å². The summed E-state index contributed by atoms with van der Waals surface area (Å²) in [6.07, 6.45) is 1.54. The fourth-order valence-corrected chi connectivity index (χ4v) is 4.90. The zero-order valence-corrected chi connectivity index (χ0v) is 19.7. The Morgan fingerprint density at radius 1 is 0.875 bits per heavy atom. The van der Waals surface area contributed by atoms with E-state index in [1.807, 2.05) is 6.07 Å². The standard InChI is InChI=1S/C28H30N3O/c1-17(2)20-10-9-11-21(18(3)4)26(20)31-24-13-8-7-12-23(24)30(6)28(31)25-19(5)14-15-22-27(25)32-16-29-22/h7-18H,1-6H3/q+1. The quantitative estimate of drug-likeness (QED) is 0.297. The van der Waals surface area contributed by atoms with Crippen molar-refractivity contribution in [2.24, 2.45) is 7.05 Å². The van der Waals surface area contributed by atoms with Crippen LogP contribution in [0.3, 0.4) is 0 Å². The molecule has 0 aliphatic heterocycles. The number of nitrogens with zero attached hydrogens (tertiary/aromatic N) is 3. The first-order chi connectivity index (χ1) is 15.4. The van der Waals surface area contributed by atoms with E-state index in [9.17, 15) is 0 Å². The van der Waals surface area contributed by atoms with Gasteiger partial charge in [-0.15, -0.1) is 0 Å². The van der Waals surface area contributed by atoms with Gasteiger partial charge >= 0.3 is 0 Å². The van der Waals surface area contributed by atoms with E-state index in [1.165, 1.54) is 33.4 Å². The molecule has 32 heavy (non-hydrogen) atoms. The van der Waals surface area contributed by atoms with E-state index < -0.39 is 0 Å². The van der Waals surface area contributed by atoms with Crippen LogP contribution in [0.1, 0.15) is 56.2 Å². The molecule has 0 amide bonds. The second-order valence-electron chi connectivity index (χ2n) is 9.26. The average Bonchev–Trinajstić information content (AvgIpc) is 3.36. The van der Waals surface area contributed by atoms with Crippen molar-refractivity contribution in [3.05, 3.63) is 77.7 Å². The van der Waals surface area contributed by atoms with Crippen LogP contribution in [0.5, 0.6) is 0 Å². The van der Waals surface area contributed by atoms with Crippen LogP contribution in [0.15, 0.2) is 65.4 Å². The van der Waals surface area contributed by atoms with Gasteiger partial charge in [0.25, 0.3) is 5.82 Å². The second-order valence-corrected chi connectivity index (χ2v) is 9.26. The largest absolute Gasteiger partial charge is 0.443 e. The third-order valence-electron chi connectivity index (χ3n) is 6.51. The van der Waals surface area contributed by atoms with Gasteiger partial charge in [0.2, 0.25) is 0 Å². The predicted molar refractivity (Wildman–Crippen MR) is 130 cm³/mol. The molecule has 0 unspecified atom stereocenters. The highest BCUT2D eigenvalue weighted by Gasteiger charge is 2.32. The molecule has 0 atom stereocenters. The van der Waals surface area contributed by atoms with Crippen LogP contribution in [0.4, 0.5) is 0 Å². The van der Waals surface area contributed by atoms with Crippen molar-refractivity contribution >= 4 is 22.1 Å². The van der Waals surface area contributed by atoms with Crippen molar-refractivity contribution in [1.82, 2.24) is 9.55 Å². The van der Waals surface area contributed by atoms with E-state index in [0.717, 1.165) is 22.5 Å². The summed E-state index contributed by atoms with van der Waals surface area (Å²) in [5.74, 6) is 1.90. The minimum atomic E-state index is 0.394. The smallest absolute Gasteiger partial charge is 0.299 e. The van der Waals surface area contributed by atoms with Crippen LogP contribution < -0.4 is 4.57 Å². The van der Waals surface area contributed by atoms with Crippen molar-refractivity contribution in [3.8, 4) is 17.1 Å². The fraction of sp³-hybridized carbons (Fsp3) is 0.286. The molecule has 0 aliphatic carbocycles. The van der Waals surface area contributed by atoms with Crippen molar-refractivity contribution < 1.29 is 8.98 Å². The lowest BCUT2D eigenvalue weighted by atomic mass is 9.92. The van der Waals surface area contributed by atoms with Gasteiger partial charge in [-0.1, -0.05) is 64.1 Å². The van der Waals surface area contributed by atoms with E-state index in [-0.39, 0.29) is 0 Å². The highest BCUT2D eigenvalue weighted by Crippen LogP contribution is 2.39. The van der Waals surface area contributed by atoms with Gasteiger partial charge in [-0.05, 0) is 42.5 Å². The minimum absolute atomic E-state index is 0.394. The topological polar surface area (TPSA) is 34.8 Å². The fourth-order valence-electron chi connectivity index (χ4n) is 4.90. The van der Waals surface area contributed by atoms with E-state index in [1.54, 1.807) is 6.39 Å². The third kappa shape index (κ3) is 2.97. The number of benzene rings is 3. The molecule has 5 aromatic rings. The van der Waals surface area contributed by atoms with Gasteiger partial charge in [0.1, 0.15) is 16.8 Å². The Bertz CT molecular complexity index is 1430. The van der Waals surface area contributed by atoms with E-state index in [0.29, 0.717) is 11.8 Å². The van der Waals surface area contributed by atoms with Gasteiger partial charge in [0, 0.05) is 11.1 Å². The molecular formula is C28H30N3O+. The third-order valence-corrected chi connectivity index (χ3v) is 6.51. The lowest BCUT2D eigenvalue weighted by Gasteiger charge is -2.18. The number of rotatable bonds is 4. The molecule has 0 saturated heterocycles. The first-order valence-corrected chi connectivity index (χ1v) is 11.4. The van der Waals surface area contributed by atoms with Crippen LogP contribution in [0, 0.1) is 6.92 Å². The molecule has 2 heterocycles. The molecule has 0 fully saturated rings. The van der Waals surface area contributed by atoms with Crippen LogP contribution in [-0.4, -0.2) is 9.55 Å². The van der Waals surface area contributed by atoms with Gasteiger partial charge in [-0.3, -0.25) is 0 Å². The number of hydrogen-bond acceptors (Lipinski definition) is 2. The monoisotopic (exact) mass is 424 g/mol. The van der Waals surface area contributed by atoms with Gasteiger partial charge in [-0.2, -0.15) is 4.57 Å². The SMILES string of the molecule is Cc1ccc2ncoc2c1-c1n(-c2c(C(C)C)cccc2C(C)C)c2ccccc2[n+]1C. The summed E-state index contributed by atoms with van der Waals surface area (Å²) in [4.78, 5) is 4.44. The van der Waals surface area contributed by atoms with Crippen molar-refractivity contribution in [2.45, 2.75) is 46.5 Å². The predicted octanol–water partition coefficient (Wildman–Crippen LogP) is 6.82. The highest BCUT2D eigenvalue weighted by atomic mass is 16.3.